The molecule has 5 nitrogen and oxygen atoms in total. The Morgan fingerprint density at radius 3 is 2.56 bits per heavy atom. The van der Waals surface area contributed by atoms with Crippen LogP contribution >= 0.6 is 0 Å². The fourth-order valence-corrected chi connectivity index (χ4v) is 1.35. The van der Waals surface area contributed by atoms with Crippen LogP contribution in [0.4, 0.5) is 10.5 Å². The molecule has 2 amide bonds. The second-order valence-corrected chi connectivity index (χ2v) is 3.56. The highest BCUT2D eigenvalue weighted by molar-refractivity contribution is 5.89. The summed E-state index contributed by atoms with van der Waals surface area (Å²) in [4.78, 5) is 11.5. The molecular formula is C11H14N2O3. The number of nitrogens with one attached hydrogen (secondary N) is 2. The number of hydrogen-bond donors (Lipinski definition) is 2. The van der Waals surface area contributed by atoms with Crippen LogP contribution < -0.4 is 15.4 Å². The molecule has 0 aliphatic carbocycles. The van der Waals surface area contributed by atoms with E-state index in [0.717, 1.165) is 11.4 Å². The van der Waals surface area contributed by atoms with Crippen molar-refractivity contribution in [3.63, 3.8) is 0 Å². The predicted molar refractivity (Wildman–Crippen MR) is 59.8 cm³/mol. The summed E-state index contributed by atoms with van der Waals surface area (Å²) in [5, 5.41) is 5.52. The van der Waals surface area contributed by atoms with Gasteiger partial charge in [-0.05, 0) is 24.3 Å². The summed E-state index contributed by atoms with van der Waals surface area (Å²) in [6.45, 7) is 1.19. The van der Waals surface area contributed by atoms with Gasteiger partial charge in [-0.2, -0.15) is 0 Å². The molecular weight excluding hydrogens is 208 g/mol. The van der Waals surface area contributed by atoms with Crippen molar-refractivity contribution < 1.29 is 14.3 Å². The number of carbonyl (C=O) groups excluding carboxylic acids is 1. The molecule has 0 aromatic heterocycles. The maximum atomic E-state index is 11.5. The first-order chi connectivity index (χ1) is 7.78. The Balaban J connectivity index is 1.84. The highest BCUT2D eigenvalue weighted by Gasteiger charge is 2.20. The number of benzene rings is 1. The number of amides is 2. The van der Waals surface area contributed by atoms with Gasteiger partial charge in [-0.3, -0.25) is 0 Å². The lowest BCUT2D eigenvalue weighted by molar-refractivity contribution is 0.000735. The number of carbonyl (C=O) groups is 1. The minimum Gasteiger partial charge on any atom is -0.497 e. The normalized spacial score (nSPS) is 15.1. The van der Waals surface area contributed by atoms with Gasteiger partial charge in [0.15, 0.2) is 0 Å². The van der Waals surface area contributed by atoms with E-state index in [4.69, 9.17) is 9.47 Å². The lowest BCUT2D eigenvalue weighted by Gasteiger charge is -2.26. The molecule has 0 bridgehead atoms. The number of ether oxygens (including phenoxy) is 2. The van der Waals surface area contributed by atoms with Gasteiger partial charge in [0.2, 0.25) is 0 Å². The molecule has 1 fully saturated rings. The first-order valence-corrected chi connectivity index (χ1v) is 5.07. The fourth-order valence-electron chi connectivity index (χ4n) is 1.35. The van der Waals surface area contributed by atoms with E-state index in [0.29, 0.717) is 13.2 Å². The summed E-state index contributed by atoms with van der Waals surface area (Å²) in [6.07, 6.45) is 0. The first kappa shape index (κ1) is 10.8. The van der Waals surface area contributed by atoms with Crippen LogP contribution in [0.25, 0.3) is 0 Å². The predicted octanol–water partition coefficient (Wildman–Crippen LogP) is 1.22. The third-order valence-electron chi connectivity index (χ3n) is 2.32. The van der Waals surface area contributed by atoms with Gasteiger partial charge in [0, 0.05) is 5.69 Å². The molecule has 0 saturated carbocycles. The van der Waals surface area contributed by atoms with Crippen molar-refractivity contribution in [2.24, 2.45) is 0 Å². The Morgan fingerprint density at radius 1 is 1.38 bits per heavy atom. The molecule has 0 radical (unpaired) electrons. The fraction of sp³-hybridized carbons (Fsp3) is 0.364. The van der Waals surface area contributed by atoms with Crippen LogP contribution in [0, 0.1) is 0 Å². The van der Waals surface area contributed by atoms with E-state index < -0.39 is 0 Å². The number of urea groups is 1. The smallest absolute Gasteiger partial charge is 0.319 e. The highest BCUT2D eigenvalue weighted by atomic mass is 16.5. The summed E-state index contributed by atoms with van der Waals surface area (Å²) in [5.74, 6) is 0.762. The van der Waals surface area contributed by atoms with Crippen molar-refractivity contribution in [3.05, 3.63) is 24.3 Å². The Morgan fingerprint density at radius 2 is 2.06 bits per heavy atom. The monoisotopic (exact) mass is 222 g/mol. The number of anilines is 1. The zero-order valence-electron chi connectivity index (χ0n) is 9.03. The molecule has 5 heteroatoms. The maximum Gasteiger partial charge on any atom is 0.319 e. The Hall–Kier alpha value is -1.75. The van der Waals surface area contributed by atoms with Gasteiger partial charge in [-0.15, -0.1) is 0 Å². The molecule has 1 aromatic carbocycles. The van der Waals surface area contributed by atoms with Crippen LogP contribution in [0.1, 0.15) is 0 Å². The second-order valence-electron chi connectivity index (χ2n) is 3.56. The van der Waals surface area contributed by atoms with Crippen molar-refractivity contribution in [3.8, 4) is 5.75 Å². The molecule has 86 valence electrons. The molecule has 16 heavy (non-hydrogen) atoms. The Labute approximate surface area is 93.7 Å². The van der Waals surface area contributed by atoms with E-state index in [2.05, 4.69) is 10.6 Å². The van der Waals surface area contributed by atoms with Gasteiger partial charge < -0.3 is 20.1 Å². The van der Waals surface area contributed by atoms with E-state index in [1.807, 2.05) is 0 Å². The zero-order valence-corrected chi connectivity index (χ0v) is 9.03. The summed E-state index contributed by atoms with van der Waals surface area (Å²) < 4.78 is 9.98. The Kier molecular flexibility index (Phi) is 3.26. The van der Waals surface area contributed by atoms with Crippen molar-refractivity contribution in [2.75, 3.05) is 25.6 Å². The van der Waals surface area contributed by atoms with Gasteiger partial charge in [0.05, 0.1) is 26.4 Å². The van der Waals surface area contributed by atoms with E-state index in [-0.39, 0.29) is 12.1 Å². The summed E-state index contributed by atoms with van der Waals surface area (Å²) in [6, 6.07) is 7.09. The van der Waals surface area contributed by atoms with E-state index >= 15 is 0 Å². The number of methoxy groups -OCH3 is 1. The van der Waals surface area contributed by atoms with E-state index in [1.165, 1.54) is 0 Å². The van der Waals surface area contributed by atoms with Crippen molar-refractivity contribution >= 4 is 11.7 Å². The molecule has 1 aromatic rings. The van der Waals surface area contributed by atoms with Crippen LogP contribution in [0.5, 0.6) is 5.75 Å². The number of hydrogen-bond acceptors (Lipinski definition) is 3. The average Bonchev–Trinajstić information content (AvgIpc) is 2.25. The third-order valence-corrected chi connectivity index (χ3v) is 2.32. The van der Waals surface area contributed by atoms with Gasteiger partial charge in [-0.25, -0.2) is 4.79 Å². The lowest BCUT2D eigenvalue weighted by Crippen LogP contribution is -2.49. The summed E-state index contributed by atoms with van der Waals surface area (Å²) >= 11 is 0. The standard InChI is InChI=1S/C11H14N2O3/c1-15-10-4-2-8(3-5-10)12-11(14)13-9-6-16-7-9/h2-5,9H,6-7H2,1H3,(H2,12,13,14). The van der Waals surface area contributed by atoms with Gasteiger partial charge in [0.1, 0.15) is 5.75 Å². The zero-order chi connectivity index (χ0) is 11.4. The minimum absolute atomic E-state index is 0.137. The van der Waals surface area contributed by atoms with Crippen LogP contribution in [0.3, 0.4) is 0 Å². The summed E-state index contributed by atoms with van der Waals surface area (Å²) in [7, 11) is 1.60. The van der Waals surface area contributed by atoms with Crippen LogP contribution in [0.15, 0.2) is 24.3 Å². The lowest BCUT2D eigenvalue weighted by atomic mass is 10.2. The first-order valence-electron chi connectivity index (χ1n) is 5.07. The number of rotatable bonds is 3. The Bertz CT molecular complexity index is 360. The molecule has 1 heterocycles. The van der Waals surface area contributed by atoms with Crippen LogP contribution in [-0.2, 0) is 4.74 Å². The van der Waals surface area contributed by atoms with Gasteiger partial charge in [0.25, 0.3) is 0 Å². The van der Waals surface area contributed by atoms with E-state index in [9.17, 15) is 4.79 Å². The average molecular weight is 222 g/mol. The topological polar surface area (TPSA) is 59.6 Å². The van der Waals surface area contributed by atoms with Crippen LogP contribution in [-0.4, -0.2) is 32.4 Å². The molecule has 1 aliphatic rings. The highest BCUT2D eigenvalue weighted by Crippen LogP contribution is 2.14. The summed E-state index contributed by atoms with van der Waals surface area (Å²) in [5.41, 5.74) is 0.735. The van der Waals surface area contributed by atoms with Crippen molar-refractivity contribution in [1.82, 2.24) is 5.32 Å². The minimum atomic E-state index is -0.210. The van der Waals surface area contributed by atoms with Crippen LogP contribution in [0.2, 0.25) is 0 Å². The van der Waals surface area contributed by atoms with Gasteiger partial charge >= 0.3 is 6.03 Å². The molecule has 2 rings (SSSR count). The van der Waals surface area contributed by atoms with Crippen molar-refractivity contribution in [1.29, 1.82) is 0 Å². The molecule has 0 spiro atoms. The van der Waals surface area contributed by atoms with Gasteiger partial charge in [-0.1, -0.05) is 0 Å². The molecule has 0 unspecified atom stereocenters. The van der Waals surface area contributed by atoms with Crippen molar-refractivity contribution in [2.45, 2.75) is 6.04 Å². The SMILES string of the molecule is COc1ccc(NC(=O)NC2COC2)cc1. The molecule has 2 N–H and O–H groups in total. The molecule has 0 atom stereocenters. The second kappa shape index (κ2) is 4.85. The maximum absolute atomic E-state index is 11.5. The third kappa shape index (κ3) is 2.64. The quantitative estimate of drug-likeness (QED) is 0.808. The molecule has 1 saturated heterocycles. The molecule has 1 aliphatic heterocycles. The largest absolute Gasteiger partial charge is 0.497 e. The van der Waals surface area contributed by atoms with E-state index in [1.54, 1.807) is 31.4 Å².